The van der Waals surface area contributed by atoms with Crippen LogP contribution in [0, 0.1) is 12.7 Å². The highest BCUT2D eigenvalue weighted by Crippen LogP contribution is 2.33. The minimum atomic E-state index is -0.467. The summed E-state index contributed by atoms with van der Waals surface area (Å²) in [4.78, 5) is 0. The Morgan fingerprint density at radius 3 is 2.79 bits per heavy atom. The predicted octanol–water partition coefficient (Wildman–Crippen LogP) is 4.49. The molecule has 0 bridgehead atoms. The van der Waals surface area contributed by atoms with Crippen LogP contribution in [-0.4, -0.2) is 0 Å². The molecule has 0 spiro atoms. The van der Waals surface area contributed by atoms with E-state index in [0.29, 0.717) is 24.3 Å². The van der Waals surface area contributed by atoms with Crippen molar-refractivity contribution in [3.8, 4) is 0 Å². The molecule has 1 aliphatic heterocycles. The number of aryl methyl sites for hydroxylation is 1. The summed E-state index contributed by atoms with van der Waals surface area (Å²) in [5.41, 5.74) is 4.40. The molecule has 19 heavy (non-hydrogen) atoms. The summed E-state index contributed by atoms with van der Waals surface area (Å²) in [6.45, 7) is 3.02. The molecule has 0 saturated carbocycles. The second-order valence-electron chi connectivity index (χ2n) is 4.86. The third kappa shape index (κ3) is 2.26. The van der Waals surface area contributed by atoms with Gasteiger partial charge in [-0.15, -0.1) is 11.6 Å². The molecule has 1 atom stereocenters. The van der Waals surface area contributed by atoms with Gasteiger partial charge in [0.25, 0.3) is 0 Å². The molecular weight excluding hydrogens is 263 g/mol. The highest BCUT2D eigenvalue weighted by molar-refractivity contribution is 6.22. The lowest BCUT2D eigenvalue weighted by molar-refractivity contribution is 0.134. The molecule has 0 saturated heterocycles. The largest absolute Gasteiger partial charge is 0.372 e. The normalized spacial score (nSPS) is 15.3. The van der Waals surface area contributed by atoms with Crippen molar-refractivity contribution in [2.24, 2.45) is 0 Å². The zero-order valence-electron chi connectivity index (χ0n) is 10.6. The Morgan fingerprint density at radius 1 is 1.16 bits per heavy atom. The van der Waals surface area contributed by atoms with Gasteiger partial charge in [-0.25, -0.2) is 4.39 Å². The number of halogens is 2. The van der Waals surface area contributed by atoms with Gasteiger partial charge in [-0.05, 0) is 29.2 Å². The van der Waals surface area contributed by atoms with Gasteiger partial charge in [-0.2, -0.15) is 0 Å². The molecule has 0 amide bonds. The molecule has 1 nitrogen and oxygen atoms in total. The number of hydrogen-bond acceptors (Lipinski definition) is 1. The zero-order valence-corrected chi connectivity index (χ0v) is 11.4. The van der Waals surface area contributed by atoms with Gasteiger partial charge in [0, 0.05) is 5.56 Å². The van der Waals surface area contributed by atoms with Crippen LogP contribution in [0.2, 0.25) is 0 Å². The van der Waals surface area contributed by atoms with Crippen LogP contribution in [0.3, 0.4) is 0 Å². The average Bonchev–Trinajstić information content (AvgIpc) is 2.88. The molecule has 0 fully saturated rings. The van der Waals surface area contributed by atoms with Crippen LogP contribution in [0.1, 0.15) is 33.2 Å². The molecule has 1 aliphatic rings. The van der Waals surface area contributed by atoms with E-state index in [0.717, 1.165) is 11.1 Å². The first-order valence-corrected chi connectivity index (χ1v) is 6.69. The highest BCUT2D eigenvalue weighted by atomic mass is 35.5. The van der Waals surface area contributed by atoms with E-state index in [-0.39, 0.29) is 5.82 Å². The average molecular weight is 277 g/mol. The minimum Gasteiger partial charge on any atom is -0.372 e. The van der Waals surface area contributed by atoms with Gasteiger partial charge in [-0.3, -0.25) is 0 Å². The quantitative estimate of drug-likeness (QED) is 0.734. The van der Waals surface area contributed by atoms with Crippen LogP contribution < -0.4 is 0 Å². The first-order valence-electron chi connectivity index (χ1n) is 6.25. The van der Waals surface area contributed by atoms with E-state index in [9.17, 15) is 4.39 Å². The minimum absolute atomic E-state index is 0.223. The van der Waals surface area contributed by atoms with E-state index in [2.05, 4.69) is 0 Å². The number of alkyl halides is 1. The number of ether oxygens (including phenoxy) is 1. The summed E-state index contributed by atoms with van der Waals surface area (Å²) in [5, 5.41) is -0.467. The summed E-state index contributed by atoms with van der Waals surface area (Å²) >= 11 is 6.43. The van der Waals surface area contributed by atoms with Crippen LogP contribution in [0.5, 0.6) is 0 Å². The fraction of sp³-hybridized carbons (Fsp3) is 0.250. The van der Waals surface area contributed by atoms with E-state index >= 15 is 0 Å². The van der Waals surface area contributed by atoms with Crippen LogP contribution in [0.25, 0.3) is 0 Å². The van der Waals surface area contributed by atoms with Crippen LogP contribution in [0.4, 0.5) is 4.39 Å². The van der Waals surface area contributed by atoms with Crippen molar-refractivity contribution in [3.05, 3.63) is 70.0 Å². The van der Waals surface area contributed by atoms with Gasteiger partial charge in [0.05, 0.1) is 18.6 Å². The highest BCUT2D eigenvalue weighted by Gasteiger charge is 2.19. The molecular formula is C16H14ClFO. The third-order valence-corrected chi connectivity index (χ3v) is 4.02. The lowest BCUT2D eigenvalue weighted by atomic mass is 9.98. The first-order chi connectivity index (χ1) is 9.16. The number of hydrogen-bond donors (Lipinski definition) is 0. The van der Waals surface area contributed by atoms with Gasteiger partial charge >= 0.3 is 0 Å². The monoisotopic (exact) mass is 276 g/mol. The Labute approximate surface area is 117 Å². The standard InChI is InChI=1S/C16H14ClFO/c1-10-3-2-4-14(16(10)18)15(17)11-5-6-12-8-19-9-13(12)7-11/h2-7,15H,8-9H2,1H3. The summed E-state index contributed by atoms with van der Waals surface area (Å²) < 4.78 is 19.5. The number of benzene rings is 2. The molecule has 1 heterocycles. The lowest BCUT2D eigenvalue weighted by Gasteiger charge is -2.13. The van der Waals surface area contributed by atoms with Gasteiger partial charge in [0.2, 0.25) is 0 Å². The topological polar surface area (TPSA) is 9.23 Å². The Balaban J connectivity index is 2.00. The van der Waals surface area contributed by atoms with Crippen molar-refractivity contribution in [1.29, 1.82) is 0 Å². The van der Waals surface area contributed by atoms with E-state index < -0.39 is 5.38 Å². The van der Waals surface area contributed by atoms with Crippen molar-refractivity contribution in [3.63, 3.8) is 0 Å². The van der Waals surface area contributed by atoms with Crippen molar-refractivity contribution < 1.29 is 9.13 Å². The third-order valence-electron chi connectivity index (χ3n) is 3.53. The second kappa shape index (κ2) is 4.95. The zero-order chi connectivity index (χ0) is 13.4. The van der Waals surface area contributed by atoms with Gasteiger partial charge in [-0.1, -0.05) is 36.4 Å². The number of rotatable bonds is 2. The Hall–Kier alpha value is -1.38. The van der Waals surface area contributed by atoms with E-state index in [1.807, 2.05) is 24.3 Å². The fourth-order valence-corrected chi connectivity index (χ4v) is 2.70. The first kappa shape index (κ1) is 12.6. The Kier molecular flexibility index (Phi) is 3.29. The van der Waals surface area contributed by atoms with Gasteiger partial charge < -0.3 is 4.74 Å². The molecule has 1 unspecified atom stereocenters. The molecule has 0 aromatic heterocycles. The Bertz CT molecular complexity index is 624. The van der Waals surface area contributed by atoms with Crippen LogP contribution in [0.15, 0.2) is 36.4 Å². The van der Waals surface area contributed by atoms with Gasteiger partial charge in [0.1, 0.15) is 5.82 Å². The molecule has 0 aliphatic carbocycles. The summed E-state index contributed by atoms with van der Waals surface area (Å²) in [7, 11) is 0. The smallest absolute Gasteiger partial charge is 0.131 e. The van der Waals surface area contributed by atoms with Crippen molar-refractivity contribution in [2.75, 3.05) is 0 Å². The SMILES string of the molecule is Cc1cccc(C(Cl)c2ccc3c(c2)COC3)c1F. The molecule has 2 aromatic carbocycles. The fourth-order valence-electron chi connectivity index (χ4n) is 2.40. The lowest BCUT2D eigenvalue weighted by Crippen LogP contribution is -1.99. The molecule has 3 heteroatoms. The van der Waals surface area contributed by atoms with Crippen molar-refractivity contribution in [1.82, 2.24) is 0 Å². The predicted molar refractivity (Wildman–Crippen MR) is 73.8 cm³/mol. The Morgan fingerprint density at radius 2 is 1.95 bits per heavy atom. The maximum absolute atomic E-state index is 14.1. The van der Waals surface area contributed by atoms with Crippen molar-refractivity contribution >= 4 is 11.6 Å². The molecule has 0 radical (unpaired) electrons. The molecule has 98 valence electrons. The van der Waals surface area contributed by atoms with E-state index in [1.54, 1.807) is 19.1 Å². The summed E-state index contributed by atoms with van der Waals surface area (Å²) in [6.07, 6.45) is 0. The molecule has 3 rings (SSSR count). The van der Waals surface area contributed by atoms with Crippen LogP contribution in [-0.2, 0) is 18.0 Å². The maximum atomic E-state index is 14.1. The van der Waals surface area contributed by atoms with Crippen molar-refractivity contribution in [2.45, 2.75) is 25.5 Å². The van der Waals surface area contributed by atoms with Gasteiger partial charge in [0.15, 0.2) is 0 Å². The second-order valence-corrected chi connectivity index (χ2v) is 5.30. The van der Waals surface area contributed by atoms with E-state index in [1.165, 1.54) is 5.56 Å². The van der Waals surface area contributed by atoms with Crippen LogP contribution >= 0.6 is 11.6 Å². The molecule has 0 N–H and O–H groups in total. The number of fused-ring (bicyclic) bond motifs is 1. The molecule has 2 aromatic rings. The maximum Gasteiger partial charge on any atom is 0.131 e. The summed E-state index contributed by atoms with van der Waals surface area (Å²) in [5.74, 6) is -0.223. The summed E-state index contributed by atoms with van der Waals surface area (Å²) in [6, 6.07) is 11.3. The van der Waals surface area contributed by atoms with E-state index in [4.69, 9.17) is 16.3 Å².